The molecule has 0 radical (unpaired) electrons. The normalized spacial score (nSPS) is 10.4. The fraction of sp³-hybridized carbons (Fsp3) is 0.500. The number of pyridine rings is 1. The van der Waals surface area contributed by atoms with Gasteiger partial charge < -0.3 is 10.3 Å². The van der Waals surface area contributed by atoms with Gasteiger partial charge in [0.25, 0.3) is 0 Å². The topological polar surface area (TPSA) is 54.2 Å². The van der Waals surface area contributed by atoms with Gasteiger partial charge in [-0.05, 0) is 26.8 Å². The zero-order chi connectivity index (χ0) is 10.6. The van der Waals surface area contributed by atoms with Crippen LogP contribution in [-0.2, 0) is 0 Å². The summed E-state index contributed by atoms with van der Waals surface area (Å²) in [4.78, 5) is 6.35. The lowest BCUT2D eigenvalue weighted by atomic mass is 10.2. The predicted molar refractivity (Wildman–Crippen MR) is 60.2 cm³/mol. The fourth-order valence-electron chi connectivity index (χ4n) is 1.52. The van der Waals surface area contributed by atoms with Crippen LogP contribution in [-0.4, -0.2) is 17.6 Å². The van der Waals surface area contributed by atoms with Gasteiger partial charge in [0, 0.05) is 30.5 Å². The van der Waals surface area contributed by atoms with E-state index >= 15 is 0 Å². The van der Waals surface area contributed by atoms with Gasteiger partial charge in [0.2, 0.25) is 0 Å². The molecular weight excluding hydrogens is 176 g/mol. The van der Waals surface area contributed by atoms with E-state index in [1.807, 2.05) is 12.1 Å². The third-order valence-corrected chi connectivity index (χ3v) is 2.19. The van der Waals surface area contributed by atoms with Gasteiger partial charge in [-0.15, -0.1) is 0 Å². The van der Waals surface area contributed by atoms with Crippen molar-refractivity contribution >= 4 is 11.5 Å². The highest BCUT2D eigenvalue weighted by Crippen LogP contribution is 2.18. The van der Waals surface area contributed by atoms with Crippen molar-refractivity contribution in [3.05, 3.63) is 18.3 Å². The van der Waals surface area contributed by atoms with Gasteiger partial charge in [0.05, 0.1) is 0 Å². The Hall–Kier alpha value is -1.29. The van der Waals surface area contributed by atoms with Crippen molar-refractivity contribution < 1.29 is 0 Å². The molecule has 0 spiro atoms. The first kappa shape index (κ1) is 10.8. The molecule has 4 nitrogen and oxygen atoms in total. The van der Waals surface area contributed by atoms with Crippen molar-refractivity contribution in [1.82, 2.24) is 4.98 Å². The number of hydrogen-bond acceptors (Lipinski definition) is 4. The lowest BCUT2D eigenvalue weighted by Crippen LogP contribution is -2.30. The molecular formula is C10H18N4. The Kier molecular flexibility index (Phi) is 3.71. The van der Waals surface area contributed by atoms with Crippen LogP contribution in [0.15, 0.2) is 18.3 Å². The number of anilines is 2. The molecule has 0 amide bonds. The second-order valence-electron chi connectivity index (χ2n) is 3.42. The maximum Gasteiger partial charge on any atom is 0.141 e. The molecule has 4 heteroatoms. The SMILES string of the molecule is CCN(c1ccnc(NN)c1)C(C)C. The average molecular weight is 194 g/mol. The van der Waals surface area contributed by atoms with E-state index in [1.54, 1.807) is 6.20 Å². The maximum absolute atomic E-state index is 5.31. The average Bonchev–Trinajstić information content (AvgIpc) is 2.19. The number of nitrogens with zero attached hydrogens (tertiary/aromatic N) is 2. The highest BCUT2D eigenvalue weighted by molar-refractivity contribution is 5.53. The zero-order valence-electron chi connectivity index (χ0n) is 8.99. The van der Waals surface area contributed by atoms with Crippen LogP contribution in [0, 0.1) is 0 Å². The summed E-state index contributed by atoms with van der Waals surface area (Å²) in [5, 5.41) is 0. The van der Waals surface area contributed by atoms with Crippen LogP contribution in [0.4, 0.5) is 11.5 Å². The lowest BCUT2D eigenvalue weighted by molar-refractivity contribution is 0.703. The number of hydrogen-bond donors (Lipinski definition) is 2. The van der Waals surface area contributed by atoms with E-state index in [2.05, 4.69) is 36.1 Å². The van der Waals surface area contributed by atoms with Gasteiger partial charge in [-0.3, -0.25) is 0 Å². The molecule has 0 saturated carbocycles. The molecule has 1 heterocycles. The first-order valence-corrected chi connectivity index (χ1v) is 4.88. The molecule has 3 N–H and O–H groups in total. The van der Waals surface area contributed by atoms with Gasteiger partial charge in [-0.1, -0.05) is 0 Å². The summed E-state index contributed by atoms with van der Waals surface area (Å²) >= 11 is 0. The minimum Gasteiger partial charge on any atom is -0.369 e. The first-order valence-electron chi connectivity index (χ1n) is 4.88. The van der Waals surface area contributed by atoms with Gasteiger partial charge in [0.15, 0.2) is 0 Å². The minimum atomic E-state index is 0.480. The molecule has 0 bridgehead atoms. The maximum atomic E-state index is 5.31. The Morgan fingerprint density at radius 2 is 2.29 bits per heavy atom. The molecule has 0 unspecified atom stereocenters. The van der Waals surface area contributed by atoms with Crippen LogP contribution in [0.5, 0.6) is 0 Å². The van der Waals surface area contributed by atoms with E-state index in [-0.39, 0.29) is 0 Å². The van der Waals surface area contributed by atoms with Crippen LogP contribution in [0.25, 0.3) is 0 Å². The second-order valence-corrected chi connectivity index (χ2v) is 3.42. The van der Waals surface area contributed by atoms with Crippen molar-refractivity contribution in [2.75, 3.05) is 16.9 Å². The Bertz CT molecular complexity index is 285. The Labute approximate surface area is 85.1 Å². The lowest BCUT2D eigenvalue weighted by Gasteiger charge is -2.27. The summed E-state index contributed by atoms with van der Waals surface area (Å²) in [7, 11) is 0. The summed E-state index contributed by atoms with van der Waals surface area (Å²) in [6.07, 6.45) is 1.76. The molecule has 14 heavy (non-hydrogen) atoms. The number of aromatic nitrogens is 1. The molecule has 0 aliphatic carbocycles. The second kappa shape index (κ2) is 4.81. The molecule has 0 atom stereocenters. The Balaban J connectivity index is 2.92. The molecule has 0 aliphatic heterocycles. The third kappa shape index (κ3) is 2.35. The smallest absolute Gasteiger partial charge is 0.141 e. The molecule has 1 rings (SSSR count). The van der Waals surface area contributed by atoms with Gasteiger partial charge in [0.1, 0.15) is 5.82 Å². The highest BCUT2D eigenvalue weighted by Gasteiger charge is 2.08. The number of nitrogen functional groups attached to an aromatic ring is 1. The summed E-state index contributed by atoms with van der Waals surface area (Å²) in [6.45, 7) is 7.45. The molecule has 78 valence electrons. The van der Waals surface area contributed by atoms with Gasteiger partial charge in [-0.2, -0.15) is 0 Å². The molecule has 0 fully saturated rings. The third-order valence-electron chi connectivity index (χ3n) is 2.19. The highest BCUT2D eigenvalue weighted by atomic mass is 15.3. The van der Waals surface area contributed by atoms with Crippen molar-refractivity contribution in [3.8, 4) is 0 Å². The number of nitrogens with two attached hydrogens (primary N) is 1. The largest absolute Gasteiger partial charge is 0.369 e. The summed E-state index contributed by atoms with van der Waals surface area (Å²) in [5.41, 5.74) is 3.69. The molecule has 0 saturated heterocycles. The van der Waals surface area contributed by atoms with Crippen molar-refractivity contribution in [2.24, 2.45) is 5.84 Å². The van der Waals surface area contributed by atoms with Gasteiger partial charge in [-0.25, -0.2) is 10.8 Å². The van der Waals surface area contributed by atoms with Crippen molar-refractivity contribution in [2.45, 2.75) is 26.8 Å². The summed E-state index contributed by atoms with van der Waals surface area (Å²) < 4.78 is 0. The number of rotatable bonds is 4. The number of hydrazine groups is 1. The van der Waals surface area contributed by atoms with Crippen LogP contribution in [0.1, 0.15) is 20.8 Å². The van der Waals surface area contributed by atoms with E-state index in [4.69, 9.17) is 5.84 Å². The van der Waals surface area contributed by atoms with E-state index in [9.17, 15) is 0 Å². The quantitative estimate of drug-likeness (QED) is 0.564. The molecule has 0 aliphatic rings. The Morgan fingerprint density at radius 1 is 1.57 bits per heavy atom. The van der Waals surface area contributed by atoms with E-state index in [0.29, 0.717) is 11.9 Å². The summed E-state index contributed by atoms with van der Waals surface area (Å²) in [6, 6.07) is 4.42. The van der Waals surface area contributed by atoms with Crippen LogP contribution in [0.3, 0.4) is 0 Å². The van der Waals surface area contributed by atoms with Crippen molar-refractivity contribution in [3.63, 3.8) is 0 Å². The standard InChI is InChI=1S/C10H18N4/c1-4-14(8(2)3)9-5-6-12-10(7-9)13-11/h5-8H,4,11H2,1-3H3,(H,12,13). The molecule has 1 aromatic heterocycles. The Morgan fingerprint density at radius 3 is 2.79 bits per heavy atom. The number of nitrogens with one attached hydrogen (secondary N) is 1. The summed E-state index contributed by atoms with van der Waals surface area (Å²) in [5.74, 6) is 6.00. The van der Waals surface area contributed by atoms with E-state index < -0.39 is 0 Å². The predicted octanol–water partition coefficient (Wildman–Crippen LogP) is 1.60. The molecule has 0 aromatic carbocycles. The van der Waals surface area contributed by atoms with E-state index in [0.717, 1.165) is 12.2 Å². The molecule has 1 aromatic rings. The fourth-order valence-corrected chi connectivity index (χ4v) is 1.52. The van der Waals surface area contributed by atoms with Crippen LogP contribution < -0.4 is 16.2 Å². The minimum absolute atomic E-state index is 0.480. The first-order chi connectivity index (χ1) is 6.69. The monoisotopic (exact) mass is 194 g/mol. The van der Waals surface area contributed by atoms with Crippen LogP contribution >= 0.6 is 0 Å². The van der Waals surface area contributed by atoms with Gasteiger partial charge >= 0.3 is 0 Å². The zero-order valence-corrected chi connectivity index (χ0v) is 8.99. The van der Waals surface area contributed by atoms with Crippen LogP contribution in [0.2, 0.25) is 0 Å². The van der Waals surface area contributed by atoms with Crippen molar-refractivity contribution in [1.29, 1.82) is 0 Å². The van der Waals surface area contributed by atoms with E-state index in [1.165, 1.54) is 0 Å².